The molecule has 0 fully saturated rings. The topological polar surface area (TPSA) is 54.0 Å². The number of carbonyl (C=O) groups excluding carboxylic acids is 1. The van der Waals surface area contributed by atoms with Gasteiger partial charge in [-0.1, -0.05) is 37.3 Å². The molecule has 22 heavy (non-hydrogen) atoms. The second-order valence-electron chi connectivity index (χ2n) is 5.38. The second kappa shape index (κ2) is 8.17. The van der Waals surface area contributed by atoms with Crippen LogP contribution in [0.2, 0.25) is 0 Å². The summed E-state index contributed by atoms with van der Waals surface area (Å²) in [6.07, 6.45) is 3.47. The zero-order valence-corrected chi connectivity index (χ0v) is 13.2. The zero-order chi connectivity index (χ0) is 15.8. The Morgan fingerprint density at radius 2 is 1.95 bits per heavy atom. The van der Waals surface area contributed by atoms with E-state index < -0.39 is 0 Å². The van der Waals surface area contributed by atoms with Crippen molar-refractivity contribution >= 4 is 11.7 Å². The van der Waals surface area contributed by atoms with E-state index in [1.165, 1.54) is 5.56 Å². The molecule has 1 amide bonds. The van der Waals surface area contributed by atoms with Crippen molar-refractivity contribution in [1.29, 1.82) is 0 Å². The summed E-state index contributed by atoms with van der Waals surface area (Å²) in [4.78, 5) is 16.2. The van der Waals surface area contributed by atoms with Gasteiger partial charge < -0.3 is 10.6 Å². The van der Waals surface area contributed by atoms with Crippen LogP contribution in [0.3, 0.4) is 0 Å². The minimum absolute atomic E-state index is 0.0716. The molecule has 1 heterocycles. The van der Waals surface area contributed by atoms with Crippen molar-refractivity contribution in [3.8, 4) is 0 Å². The Morgan fingerprint density at radius 1 is 1.18 bits per heavy atom. The Morgan fingerprint density at radius 3 is 2.59 bits per heavy atom. The van der Waals surface area contributed by atoms with E-state index in [4.69, 9.17) is 0 Å². The van der Waals surface area contributed by atoms with E-state index in [1.54, 1.807) is 12.3 Å². The van der Waals surface area contributed by atoms with Crippen molar-refractivity contribution in [3.05, 3.63) is 59.8 Å². The summed E-state index contributed by atoms with van der Waals surface area (Å²) >= 11 is 0. The van der Waals surface area contributed by atoms with Crippen LogP contribution < -0.4 is 10.6 Å². The molecule has 0 bridgehead atoms. The molecule has 0 radical (unpaired) electrons. The third kappa shape index (κ3) is 4.88. The molecule has 116 valence electrons. The maximum absolute atomic E-state index is 12.0. The summed E-state index contributed by atoms with van der Waals surface area (Å²) < 4.78 is 0. The maximum atomic E-state index is 12.0. The molecule has 2 rings (SSSR count). The average Bonchev–Trinajstić information content (AvgIpc) is 2.56. The Balaban J connectivity index is 1.83. The van der Waals surface area contributed by atoms with E-state index in [2.05, 4.69) is 27.8 Å². The van der Waals surface area contributed by atoms with Crippen LogP contribution in [0.5, 0.6) is 0 Å². The lowest BCUT2D eigenvalue weighted by molar-refractivity contribution is 0.0939. The van der Waals surface area contributed by atoms with Gasteiger partial charge in [0.05, 0.1) is 5.56 Å². The van der Waals surface area contributed by atoms with Gasteiger partial charge in [0.15, 0.2) is 0 Å². The minimum atomic E-state index is -0.0716. The number of anilines is 1. The summed E-state index contributed by atoms with van der Waals surface area (Å²) in [5.74, 6) is 0.716. The van der Waals surface area contributed by atoms with Gasteiger partial charge in [-0.3, -0.25) is 4.79 Å². The molecule has 1 atom stereocenters. The fraction of sp³-hybridized carbons (Fsp3) is 0.333. The number of hydrogen-bond acceptors (Lipinski definition) is 3. The van der Waals surface area contributed by atoms with E-state index in [0.29, 0.717) is 5.56 Å². The smallest absolute Gasteiger partial charge is 0.253 e. The summed E-state index contributed by atoms with van der Waals surface area (Å²) in [7, 11) is 0. The first-order valence-electron chi connectivity index (χ1n) is 7.73. The van der Waals surface area contributed by atoms with Crippen molar-refractivity contribution in [3.63, 3.8) is 0 Å². The highest BCUT2D eigenvalue weighted by Crippen LogP contribution is 2.07. The molecule has 0 aliphatic carbocycles. The Bertz CT molecular complexity index is 581. The van der Waals surface area contributed by atoms with Gasteiger partial charge in [0, 0.05) is 18.8 Å². The first-order chi connectivity index (χ1) is 10.7. The van der Waals surface area contributed by atoms with E-state index >= 15 is 0 Å². The molecule has 4 nitrogen and oxygen atoms in total. The van der Waals surface area contributed by atoms with Crippen LogP contribution in [0.15, 0.2) is 48.7 Å². The Hall–Kier alpha value is -2.36. The predicted molar refractivity (Wildman–Crippen MR) is 90.1 cm³/mol. The lowest BCUT2D eigenvalue weighted by Crippen LogP contribution is -2.31. The molecule has 0 aliphatic rings. The zero-order valence-electron chi connectivity index (χ0n) is 13.2. The van der Waals surface area contributed by atoms with Crippen LogP contribution in [0.25, 0.3) is 0 Å². The monoisotopic (exact) mass is 297 g/mol. The summed E-state index contributed by atoms with van der Waals surface area (Å²) in [6, 6.07) is 14.1. The van der Waals surface area contributed by atoms with Crippen molar-refractivity contribution in [1.82, 2.24) is 10.3 Å². The number of benzene rings is 1. The van der Waals surface area contributed by atoms with Gasteiger partial charge in [-0.05, 0) is 37.5 Å². The highest BCUT2D eigenvalue weighted by atomic mass is 16.1. The average molecular weight is 297 g/mol. The van der Waals surface area contributed by atoms with Crippen LogP contribution in [0.4, 0.5) is 5.82 Å². The number of pyridine rings is 1. The lowest BCUT2D eigenvalue weighted by Gasteiger charge is -2.11. The third-order valence-corrected chi connectivity index (χ3v) is 3.58. The van der Waals surface area contributed by atoms with E-state index in [0.717, 1.165) is 25.2 Å². The Kier molecular flexibility index (Phi) is 5.95. The molecule has 1 aromatic carbocycles. The molecule has 0 spiro atoms. The SMILES string of the molecule is CCC(C)NC(=O)c1ccc(NCCc2ccccc2)nc1. The second-order valence-corrected chi connectivity index (χ2v) is 5.38. The van der Waals surface area contributed by atoms with Crippen LogP contribution in [0, 0.1) is 0 Å². The first kappa shape index (κ1) is 16.0. The molecule has 2 N–H and O–H groups in total. The lowest BCUT2D eigenvalue weighted by atomic mass is 10.1. The molecule has 0 saturated carbocycles. The van der Waals surface area contributed by atoms with Gasteiger partial charge >= 0.3 is 0 Å². The van der Waals surface area contributed by atoms with Gasteiger partial charge in [0.1, 0.15) is 5.82 Å². The fourth-order valence-electron chi connectivity index (χ4n) is 2.02. The number of nitrogens with zero attached hydrogens (tertiary/aromatic N) is 1. The molecule has 0 saturated heterocycles. The van der Waals surface area contributed by atoms with Crippen LogP contribution >= 0.6 is 0 Å². The van der Waals surface area contributed by atoms with E-state index in [9.17, 15) is 4.79 Å². The molecular formula is C18H23N3O. The van der Waals surface area contributed by atoms with Crippen molar-refractivity contribution < 1.29 is 4.79 Å². The number of aromatic nitrogens is 1. The molecular weight excluding hydrogens is 274 g/mol. The van der Waals surface area contributed by atoms with Gasteiger partial charge in [0.25, 0.3) is 5.91 Å². The first-order valence-corrected chi connectivity index (χ1v) is 7.73. The minimum Gasteiger partial charge on any atom is -0.370 e. The van der Waals surface area contributed by atoms with E-state index in [-0.39, 0.29) is 11.9 Å². The Labute approximate surface area is 132 Å². The van der Waals surface area contributed by atoms with Gasteiger partial charge in [-0.2, -0.15) is 0 Å². The molecule has 4 heteroatoms. The summed E-state index contributed by atoms with van der Waals surface area (Å²) in [5.41, 5.74) is 1.88. The quantitative estimate of drug-likeness (QED) is 0.824. The highest BCUT2D eigenvalue weighted by Gasteiger charge is 2.08. The van der Waals surface area contributed by atoms with Crippen LogP contribution in [0.1, 0.15) is 36.2 Å². The number of hydrogen-bond donors (Lipinski definition) is 2. The van der Waals surface area contributed by atoms with Crippen LogP contribution in [-0.4, -0.2) is 23.5 Å². The van der Waals surface area contributed by atoms with Gasteiger partial charge in [0.2, 0.25) is 0 Å². The number of nitrogens with one attached hydrogen (secondary N) is 2. The number of carbonyl (C=O) groups is 1. The van der Waals surface area contributed by atoms with Gasteiger partial charge in [-0.25, -0.2) is 4.98 Å². The molecule has 1 unspecified atom stereocenters. The highest BCUT2D eigenvalue weighted by molar-refractivity contribution is 5.94. The third-order valence-electron chi connectivity index (χ3n) is 3.58. The molecule has 1 aromatic heterocycles. The fourth-order valence-corrected chi connectivity index (χ4v) is 2.02. The maximum Gasteiger partial charge on any atom is 0.253 e. The molecule has 2 aromatic rings. The van der Waals surface area contributed by atoms with E-state index in [1.807, 2.05) is 38.1 Å². The van der Waals surface area contributed by atoms with Crippen molar-refractivity contribution in [2.24, 2.45) is 0 Å². The van der Waals surface area contributed by atoms with Crippen molar-refractivity contribution in [2.45, 2.75) is 32.7 Å². The van der Waals surface area contributed by atoms with Crippen LogP contribution in [-0.2, 0) is 6.42 Å². The predicted octanol–water partition coefficient (Wildman–Crippen LogP) is 3.26. The van der Waals surface area contributed by atoms with Crippen molar-refractivity contribution in [2.75, 3.05) is 11.9 Å². The molecule has 0 aliphatic heterocycles. The number of rotatable bonds is 7. The largest absolute Gasteiger partial charge is 0.370 e. The standard InChI is InChI=1S/C18H23N3O/c1-3-14(2)21-18(22)16-9-10-17(20-13-16)19-12-11-15-7-5-4-6-8-15/h4-10,13-14H,3,11-12H2,1-2H3,(H,19,20)(H,21,22). The van der Waals surface area contributed by atoms with Gasteiger partial charge in [-0.15, -0.1) is 0 Å². The summed E-state index contributed by atoms with van der Waals surface area (Å²) in [6.45, 7) is 4.85. The summed E-state index contributed by atoms with van der Waals surface area (Å²) in [5, 5.41) is 6.20. The number of amides is 1. The normalized spacial score (nSPS) is 11.7.